The van der Waals surface area contributed by atoms with Gasteiger partial charge in [-0.05, 0) is 43.9 Å². The van der Waals surface area contributed by atoms with Gasteiger partial charge < -0.3 is 0 Å². The molecule has 0 fully saturated rings. The van der Waals surface area contributed by atoms with E-state index in [-0.39, 0.29) is 5.56 Å². The van der Waals surface area contributed by atoms with Crippen molar-refractivity contribution in [2.24, 2.45) is 0 Å². The third-order valence-corrected chi connectivity index (χ3v) is 3.89. The smallest absolute Gasteiger partial charge is 0.261 e. The van der Waals surface area contributed by atoms with E-state index in [9.17, 15) is 4.79 Å². The van der Waals surface area contributed by atoms with Crippen molar-refractivity contribution in [3.8, 4) is 11.4 Å². The van der Waals surface area contributed by atoms with E-state index in [1.165, 1.54) is 0 Å². The van der Waals surface area contributed by atoms with Gasteiger partial charge in [0.15, 0.2) is 0 Å². The molecule has 3 aromatic heterocycles. The summed E-state index contributed by atoms with van der Waals surface area (Å²) in [6.45, 7) is 9.96. The van der Waals surface area contributed by atoms with E-state index in [2.05, 4.69) is 30.1 Å². The first-order chi connectivity index (χ1) is 10.4. The molecule has 0 saturated heterocycles. The summed E-state index contributed by atoms with van der Waals surface area (Å²) >= 11 is 0. The molecule has 0 amide bonds. The Hall–Kier alpha value is -2.43. The van der Waals surface area contributed by atoms with E-state index in [4.69, 9.17) is 4.98 Å². The summed E-state index contributed by atoms with van der Waals surface area (Å²) in [5.41, 5.74) is 5.74. The van der Waals surface area contributed by atoms with Gasteiger partial charge in [-0.1, -0.05) is 19.9 Å². The third kappa shape index (κ3) is 2.22. The Bertz CT molecular complexity index is 918. The van der Waals surface area contributed by atoms with Gasteiger partial charge in [0.1, 0.15) is 17.0 Å². The molecule has 1 N–H and O–H groups in total. The van der Waals surface area contributed by atoms with Crippen molar-refractivity contribution in [3.05, 3.63) is 51.1 Å². The zero-order chi connectivity index (χ0) is 16.0. The molecule has 0 saturated carbocycles. The van der Waals surface area contributed by atoms with Gasteiger partial charge >= 0.3 is 0 Å². The number of aromatic nitrogens is 4. The number of rotatable bonds is 2. The number of aromatic amines is 1. The van der Waals surface area contributed by atoms with Gasteiger partial charge in [0.05, 0.1) is 0 Å². The highest BCUT2D eigenvalue weighted by atomic mass is 16.1. The predicted molar refractivity (Wildman–Crippen MR) is 87.3 cm³/mol. The van der Waals surface area contributed by atoms with Crippen LogP contribution in [0.25, 0.3) is 17.0 Å². The van der Waals surface area contributed by atoms with Crippen LogP contribution in [0.3, 0.4) is 0 Å². The third-order valence-electron chi connectivity index (χ3n) is 3.89. The molecule has 0 aliphatic heterocycles. The second-order valence-electron chi connectivity index (χ2n) is 6.15. The highest BCUT2D eigenvalue weighted by molar-refractivity contribution is 5.64. The first kappa shape index (κ1) is 14.5. The number of H-pyrrole nitrogens is 1. The fourth-order valence-electron chi connectivity index (χ4n) is 2.71. The lowest BCUT2D eigenvalue weighted by atomic mass is 10.0. The molecule has 3 rings (SSSR count). The number of fused-ring (bicyclic) bond motifs is 1. The highest BCUT2D eigenvalue weighted by Gasteiger charge is 2.16. The number of nitrogens with one attached hydrogen (secondary N) is 1. The molecule has 5 nitrogen and oxygen atoms in total. The largest absolute Gasteiger partial charge is 0.282 e. The van der Waals surface area contributed by atoms with Crippen LogP contribution in [0.1, 0.15) is 42.1 Å². The van der Waals surface area contributed by atoms with Crippen molar-refractivity contribution in [1.82, 2.24) is 19.6 Å². The topological polar surface area (TPSA) is 63.0 Å². The maximum atomic E-state index is 12.7. The quantitative estimate of drug-likeness (QED) is 0.790. The summed E-state index contributed by atoms with van der Waals surface area (Å²) in [7, 11) is 0. The minimum atomic E-state index is -0.0359. The molecule has 5 heteroatoms. The van der Waals surface area contributed by atoms with E-state index in [0.717, 1.165) is 16.8 Å². The Morgan fingerprint density at radius 2 is 1.91 bits per heavy atom. The van der Waals surface area contributed by atoms with E-state index in [1.54, 1.807) is 11.3 Å². The predicted octanol–water partition coefficient (Wildman–Crippen LogP) is 3.13. The van der Waals surface area contributed by atoms with Crippen molar-refractivity contribution >= 4 is 5.65 Å². The molecule has 0 unspecified atom stereocenters. The molecule has 0 aliphatic carbocycles. The highest BCUT2D eigenvalue weighted by Crippen LogP contribution is 2.24. The van der Waals surface area contributed by atoms with Gasteiger partial charge in [-0.2, -0.15) is 5.10 Å². The van der Waals surface area contributed by atoms with Crippen LogP contribution in [-0.2, 0) is 0 Å². The zero-order valence-corrected chi connectivity index (χ0v) is 13.6. The maximum absolute atomic E-state index is 12.7. The summed E-state index contributed by atoms with van der Waals surface area (Å²) in [4.78, 5) is 17.5. The van der Waals surface area contributed by atoms with E-state index in [0.29, 0.717) is 28.5 Å². The summed E-state index contributed by atoms with van der Waals surface area (Å²) in [5.74, 6) is 0.290. The van der Waals surface area contributed by atoms with Crippen LogP contribution in [0.15, 0.2) is 23.1 Å². The molecular weight excluding hydrogens is 276 g/mol. The molecule has 0 aromatic carbocycles. The monoisotopic (exact) mass is 296 g/mol. The summed E-state index contributed by atoms with van der Waals surface area (Å²) in [6.07, 6.45) is 1.85. The summed E-state index contributed by atoms with van der Waals surface area (Å²) in [6, 6.07) is 4.01. The Morgan fingerprint density at radius 1 is 1.18 bits per heavy atom. The van der Waals surface area contributed by atoms with Gasteiger partial charge in [-0.15, -0.1) is 0 Å². The number of nitrogens with zero attached hydrogens (tertiary/aromatic N) is 3. The van der Waals surface area contributed by atoms with Gasteiger partial charge in [0.2, 0.25) is 0 Å². The van der Waals surface area contributed by atoms with Crippen LogP contribution in [-0.4, -0.2) is 19.6 Å². The Balaban J connectivity index is 2.42. The van der Waals surface area contributed by atoms with Crippen LogP contribution in [0, 0.1) is 20.8 Å². The van der Waals surface area contributed by atoms with Crippen molar-refractivity contribution < 1.29 is 0 Å². The average molecular weight is 296 g/mol. The molecule has 3 heterocycles. The molecule has 0 bridgehead atoms. The Morgan fingerprint density at radius 3 is 2.50 bits per heavy atom. The number of pyridine rings is 1. The molecule has 0 spiro atoms. The van der Waals surface area contributed by atoms with Crippen LogP contribution >= 0.6 is 0 Å². The number of hydrogen-bond acceptors (Lipinski definition) is 3. The van der Waals surface area contributed by atoms with Gasteiger partial charge in [0.25, 0.3) is 5.56 Å². The minimum absolute atomic E-state index is 0.0359. The first-order valence-electron chi connectivity index (χ1n) is 7.44. The standard InChI is InChI=1S/C17H20N4O/c1-9(2)13-6-10(3)8-21-16(13)18-15(12(5)17(21)22)14-7-11(4)19-20-14/h6-9H,1-5H3,(H,19,20). The Kier molecular flexibility index (Phi) is 3.35. The molecule has 3 aromatic rings. The molecule has 0 atom stereocenters. The van der Waals surface area contributed by atoms with Crippen LogP contribution < -0.4 is 5.56 Å². The van der Waals surface area contributed by atoms with Gasteiger partial charge in [-0.3, -0.25) is 14.3 Å². The lowest BCUT2D eigenvalue weighted by Gasteiger charge is -2.13. The molecule has 0 aliphatic rings. The second-order valence-corrected chi connectivity index (χ2v) is 6.15. The number of hydrogen-bond donors (Lipinski definition) is 1. The fraction of sp³-hybridized carbons (Fsp3) is 0.353. The first-order valence-corrected chi connectivity index (χ1v) is 7.44. The molecular formula is C17H20N4O. The SMILES string of the molecule is Cc1cc(C(C)C)c2nc(-c3cc(C)[nH]n3)c(C)c(=O)n2c1. The lowest BCUT2D eigenvalue weighted by molar-refractivity contribution is 0.848. The summed E-state index contributed by atoms with van der Waals surface area (Å²) < 4.78 is 1.66. The fourth-order valence-corrected chi connectivity index (χ4v) is 2.71. The Labute approximate surface area is 129 Å². The van der Waals surface area contributed by atoms with Gasteiger partial charge in [-0.25, -0.2) is 4.98 Å². The molecule has 22 heavy (non-hydrogen) atoms. The van der Waals surface area contributed by atoms with Crippen molar-refractivity contribution in [1.29, 1.82) is 0 Å². The molecule has 114 valence electrons. The summed E-state index contributed by atoms with van der Waals surface area (Å²) in [5, 5.41) is 7.16. The normalized spacial score (nSPS) is 11.5. The minimum Gasteiger partial charge on any atom is -0.282 e. The number of aryl methyl sites for hydroxylation is 2. The van der Waals surface area contributed by atoms with Crippen LogP contribution in [0.5, 0.6) is 0 Å². The average Bonchev–Trinajstić information content (AvgIpc) is 2.88. The van der Waals surface area contributed by atoms with Crippen molar-refractivity contribution in [2.45, 2.75) is 40.5 Å². The maximum Gasteiger partial charge on any atom is 0.261 e. The van der Waals surface area contributed by atoms with Gasteiger partial charge in [0, 0.05) is 17.5 Å². The van der Waals surface area contributed by atoms with Crippen molar-refractivity contribution in [3.63, 3.8) is 0 Å². The van der Waals surface area contributed by atoms with Crippen LogP contribution in [0.2, 0.25) is 0 Å². The van der Waals surface area contributed by atoms with Crippen LogP contribution in [0.4, 0.5) is 0 Å². The zero-order valence-electron chi connectivity index (χ0n) is 13.6. The second kappa shape index (κ2) is 5.09. The molecule has 0 radical (unpaired) electrons. The lowest BCUT2D eigenvalue weighted by Crippen LogP contribution is -2.20. The van der Waals surface area contributed by atoms with E-state index < -0.39 is 0 Å². The van der Waals surface area contributed by atoms with Crippen molar-refractivity contribution in [2.75, 3.05) is 0 Å². The van der Waals surface area contributed by atoms with E-state index in [1.807, 2.05) is 26.1 Å². The van der Waals surface area contributed by atoms with E-state index >= 15 is 0 Å².